The summed E-state index contributed by atoms with van der Waals surface area (Å²) in [7, 11) is 0. The largest absolute Gasteiger partial charge is 0.394 e. The minimum Gasteiger partial charge on any atom is -0.394 e. The topological polar surface area (TPSA) is 75.8 Å². The van der Waals surface area contributed by atoms with Crippen molar-refractivity contribution in [3.05, 3.63) is 35.4 Å². The quantitative estimate of drug-likeness (QED) is 0.797. The molecule has 1 saturated heterocycles. The van der Waals surface area contributed by atoms with Crippen molar-refractivity contribution >= 4 is 5.91 Å². The van der Waals surface area contributed by atoms with Gasteiger partial charge < -0.3 is 20.5 Å². The normalized spacial score (nSPS) is 19.5. The monoisotopic (exact) mass is 264 g/mol. The Balaban J connectivity index is 1.98. The van der Waals surface area contributed by atoms with E-state index < -0.39 is 0 Å². The van der Waals surface area contributed by atoms with Crippen LogP contribution >= 0.6 is 0 Å². The van der Waals surface area contributed by atoms with E-state index in [2.05, 4.69) is 0 Å². The van der Waals surface area contributed by atoms with Gasteiger partial charge in [-0.25, -0.2) is 0 Å². The van der Waals surface area contributed by atoms with E-state index >= 15 is 0 Å². The molecule has 0 aliphatic carbocycles. The lowest BCUT2D eigenvalue weighted by atomic mass is 10.1. The van der Waals surface area contributed by atoms with E-state index in [4.69, 9.17) is 10.5 Å². The van der Waals surface area contributed by atoms with Crippen LogP contribution in [0.5, 0.6) is 0 Å². The van der Waals surface area contributed by atoms with Gasteiger partial charge in [0.2, 0.25) is 5.91 Å². The lowest BCUT2D eigenvalue weighted by Crippen LogP contribution is -2.51. The van der Waals surface area contributed by atoms with Crippen molar-refractivity contribution in [2.24, 2.45) is 5.73 Å². The summed E-state index contributed by atoms with van der Waals surface area (Å²) in [6.07, 6.45) is 0.349. The van der Waals surface area contributed by atoms with Gasteiger partial charge in [-0.2, -0.15) is 0 Å². The second-order valence-corrected chi connectivity index (χ2v) is 4.70. The molecule has 1 aliphatic heterocycles. The third kappa shape index (κ3) is 3.53. The van der Waals surface area contributed by atoms with Crippen molar-refractivity contribution in [3.63, 3.8) is 0 Å². The minimum absolute atomic E-state index is 0.0304. The zero-order valence-electron chi connectivity index (χ0n) is 10.9. The highest BCUT2D eigenvalue weighted by Gasteiger charge is 2.26. The van der Waals surface area contributed by atoms with E-state index in [1.54, 1.807) is 4.90 Å². The standard InChI is InChI=1S/C14H20N2O3/c15-8-12-3-1-11(2-4-12)7-14(18)16-5-6-19-10-13(16)9-17/h1-4,13,17H,5-10,15H2. The predicted octanol–water partition coefficient (Wildman–Crippen LogP) is -0.0925. The smallest absolute Gasteiger partial charge is 0.227 e. The predicted molar refractivity (Wildman–Crippen MR) is 71.4 cm³/mol. The molecule has 1 fully saturated rings. The lowest BCUT2D eigenvalue weighted by molar-refractivity contribution is -0.140. The highest BCUT2D eigenvalue weighted by Crippen LogP contribution is 2.11. The first-order valence-corrected chi connectivity index (χ1v) is 6.50. The minimum atomic E-state index is -0.218. The fourth-order valence-corrected chi connectivity index (χ4v) is 2.20. The van der Waals surface area contributed by atoms with Crippen molar-refractivity contribution in [1.82, 2.24) is 4.90 Å². The summed E-state index contributed by atoms with van der Waals surface area (Å²) in [5, 5.41) is 9.26. The first-order valence-electron chi connectivity index (χ1n) is 6.50. The molecule has 3 N–H and O–H groups in total. The fraction of sp³-hybridized carbons (Fsp3) is 0.500. The van der Waals surface area contributed by atoms with Crippen molar-refractivity contribution < 1.29 is 14.6 Å². The fourth-order valence-electron chi connectivity index (χ4n) is 2.20. The molecule has 0 radical (unpaired) electrons. The molecule has 1 aliphatic rings. The van der Waals surface area contributed by atoms with E-state index in [0.29, 0.717) is 32.7 Å². The SMILES string of the molecule is NCc1ccc(CC(=O)N2CCOCC2CO)cc1. The Kier molecular flexibility index (Phi) is 4.90. The van der Waals surface area contributed by atoms with E-state index in [9.17, 15) is 9.90 Å². The van der Waals surface area contributed by atoms with Crippen LogP contribution in [0.1, 0.15) is 11.1 Å². The number of carbonyl (C=O) groups is 1. The van der Waals surface area contributed by atoms with Crippen LogP contribution in [0.2, 0.25) is 0 Å². The van der Waals surface area contributed by atoms with Gasteiger partial charge in [0.15, 0.2) is 0 Å². The first-order chi connectivity index (χ1) is 9.24. The number of aliphatic hydroxyl groups excluding tert-OH is 1. The van der Waals surface area contributed by atoms with Gasteiger partial charge in [-0.05, 0) is 11.1 Å². The number of hydrogen-bond donors (Lipinski definition) is 2. The average molecular weight is 264 g/mol. The number of carbonyl (C=O) groups excluding carboxylic acids is 1. The number of morpholine rings is 1. The Bertz CT molecular complexity index is 419. The van der Waals surface area contributed by atoms with Gasteiger partial charge in [0.1, 0.15) is 0 Å². The third-order valence-electron chi connectivity index (χ3n) is 3.37. The van der Waals surface area contributed by atoms with Gasteiger partial charge in [0, 0.05) is 13.1 Å². The molecule has 1 heterocycles. The zero-order chi connectivity index (χ0) is 13.7. The summed E-state index contributed by atoms with van der Waals surface area (Å²) in [4.78, 5) is 13.9. The summed E-state index contributed by atoms with van der Waals surface area (Å²) in [6, 6.07) is 7.50. The molecule has 1 atom stereocenters. The van der Waals surface area contributed by atoms with Crippen LogP contribution in [0.25, 0.3) is 0 Å². The van der Waals surface area contributed by atoms with E-state index in [1.807, 2.05) is 24.3 Å². The van der Waals surface area contributed by atoms with Crippen LogP contribution in [-0.2, 0) is 22.5 Å². The molecule has 19 heavy (non-hydrogen) atoms. The number of nitrogens with two attached hydrogens (primary N) is 1. The second kappa shape index (κ2) is 6.65. The van der Waals surface area contributed by atoms with Crippen LogP contribution in [0.4, 0.5) is 0 Å². The highest BCUT2D eigenvalue weighted by atomic mass is 16.5. The van der Waals surface area contributed by atoms with Crippen LogP contribution in [0.3, 0.4) is 0 Å². The van der Waals surface area contributed by atoms with Crippen LogP contribution in [0.15, 0.2) is 24.3 Å². The molecule has 0 bridgehead atoms. The van der Waals surface area contributed by atoms with Crippen LogP contribution in [-0.4, -0.2) is 48.3 Å². The zero-order valence-corrected chi connectivity index (χ0v) is 10.9. The number of aliphatic hydroxyl groups is 1. The van der Waals surface area contributed by atoms with Crippen molar-refractivity contribution in [2.45, 2.75) is 19.0 Å². The summed E-state index contributed by atoms with van der Waals surface area (Å²) >= 11 is 0. The Morgan fingerprint density at radius 3 is 2.68 bits per heavy atom. The average Bonchev–Trinajstić information content (AvgIpc) is 2.48. The number of ether oxygens (including phenoxy) is 1. The molecular weight excluding hydrogens is 244 g/mol. The number of amides is 1. The van der Waals surface area contributed by atoms with Gasteiger partial charge in [-0.3, -0.25) is 4.79 Å². The summed E-state index contributed by atoms with van der Waals surface area (Å²) < 4.78 is 5.27. The number of nitrogens with zero attached hydrogens (tertiary/aromatic N) is 1. The Morgan fingerprint density at radius 2 is 2.05 bits per heavy atom. The number of hydrogen-bond acceptors (Lipinski definition) is 4. The van der Waals surface area contributed by atoms with Gasteiger partial charge >= 0.3 is 0 Å². The summed E-state index contributed by atoms with van der Waals surface area (Å²) in [6.45, 7) is 1.94. The Labute approximate surface area is 113 Å². The molecule has 1 aromatic rings. The molecule has 0 aromatic heterocycles. The van der Waals surface area contributed by atoms with Crippen molar-refractivity contribution in [2.75, 3.05) is 26.4 Å². The van der Waals surface area contributed by atoms with Crippen LogP contribution in [0, 0.1) is 0 Å². The van der Waals surface area contributed by atoms with Crippen LogP contribution < -0.4 is 5.73 Å². The summed E-state index contributed by atoms with van der Waals surface area (Å²) in [5.41, 5.74) is 7.55. The second-order valence-electron chi connectivity index (χ2n) is 4.70. The third-order valence-corrected chi connectivity index (χ3v) is 3.37. The lowest BCUT2D eigenvalue weighted by Gasteiger charge is -2.34. The molecule has 104 valence electrons. The van der Waals surface area contributed by atoms with Gasteiger partial charge in [0.25, 0.3) is 0 Å². The van der Waals surface area contributed by atoms with Crippen molar-refractivity contribution in [1.29, 1.82) is 0 Å². The Hall–Kier alpha value is -1.43. The van der Waals surface area contributed by atoms with E-state index in [1.165, 1.54) is 0 Å². The van der Waals surface area contributed by atoms with E-state index in [0.717, 1.165) is 11.1 Å². The molecule has 5 nitrogen and oxygen atoms in total. The molecule has 1 aromatic carbocycles. The van der Waals surface area contributed by atoms with Gasteiger partial charge in [-0.15, -0.1) is 0 Å². The maximum Gasteiger partial charge on any atom is 0.227 e. The summed E-state index contributed by atoms with van der Waals surface area (Å²) in [5.74, 6) is 0.0304. The van der Waals surface area contributed by atoms with Gasteiger partial charge in [-0.1, -0.05) is 24.3 Å². The molecular formula is C14H20N2O3. The van der Waals surface area contributed by atoms with Gasteiger partial charge in [0.05, 0.1) is 32.3 Å². The Morgan fingerprint density at radius 1 is 1.37 bits per heavy atom. The molecule has 0 saturated carbocycles. The maximum absolute atomic E-state index is 12.2. The molecule has 0 spiro atoms. The first kappa shape index (κ1) is 14.0. The molecule has 1 unspecified atom stereocenters. The molecule has 1 amide bonds. The van der Waals surface area contributed by atoms with E-state index in [-0.39, 0.29) is 18.6 Å². The number of benzene rings is 1. The highest BCUT2D eigenvalue weighted by molar-refractivity contribution is 5.79. The number of rotatable bonds is 4. The maximum atomic E-state index is 12.2. The molecule has 5 heteroatoms. The molecule has 2 rings (SSSR count). The van der Waals surface area contributed by atoms with Crippen molar-refractivity contribution in [3.8, 4) is 0 Å².